The topological polar surface area (TPSA) is 66.7 Å². The standard InChI is InChI=1S/C13H15IN6O/c1-19-12(14)11(7-15-19)13-16-17-18-20(13)8-9-3-5-10(21-2)6-4-9/h3-7,17-18H,8H2,1-2H3. The molecule has 2 aromatic rings. The average Bonchev–Trinajstić information content (AvgIpc) is 3.08. The summed E-state index contributed by atoms with van der Waals surface area (Å²) in [5.41, 5.74) is 7.97. The summed E-state index contributed by atoms with van der Waals surface area (Å²) in [4.78, 5) is 0. The van der Waals surface area contributed by atoms with Gasteiger partial charge in [0, 0.05) is 7.05 Å². The van der Waals surface area contributed by atoms with E-state index in [-0.39, 0.29) is 0 Å². The first-order valence-corrected chi connectivity index (χ1v) is 7.43. The zero-order valence-corrected chi connectivity index (χ0v) is 13.8. The second-order valence-electron chi connectivity index (χ2n) is 4.57. The predicted octanol–water partition coefficient (Wildman–Crippen LogP) is 1.22. The Morgan fingerprint density at radius 3 is 2.67 bits per heavy atom. The van der Waals surface area contributed by atoms with Gasteiger partial charge in [-0.2, -0.15) is 5.10 Å². The molecule has 0 atom stereocenters. The van der Waals surface area contributed by atoms with Gasteiger partial charge in [-0.15, -0.1) is 10.6 Å². The molecule has 1 aromatic carbocycles. The average molecular weight is 398 g/mol. The number of hydrogen-bond donors (Lipinski definition) is 2. The van der Waals surface area contributed by atoms with Gasteiger partial charge in [0.15, 0.2) is 5.84 Å². The lowest BCUT2D eigenvalue weighted by Gasteiger charge is -2.18. The van der Waals surface area contributed by atoms with Gasteiger partial charge in [-0.3, -0.25) is 9.69 Å². The summed E-state index contributed by atoms with van der Waals surface area (Å²) < 4.78 is 8.03. The van der Waals surface area contributed by atoms with Crippen molar-refractivity contribution in [2.45, 2.75) is 6.54 Å². The first-order valence-electron chi connectivity index (χ1n) is 6.35. The molecule has 0 fully saturated rings. The molecule has 0 amide bonds. The second-order valence-corrected chi connectivity index (χ2v) is 5.59. The highest BCUT2D eigenvalue weighted by molar-refractivity contribution is 14.1. The number of ether oxygens (including phenoxy) is 1. The molecule has 7 nitrogen and oxygen atoms in total. The summed E-state index contributed by atoms with van der Waals surface area (Å²) in [6.45, 7) is 0.681. The van der Waals surface area contributed by atoms with E-state index in [2.05, 4.69) is 43.9 Å². The quantitative estimate of drug-likeness (QED) is 0.759. The van der Waals surface area contributed by atoms with Crippen molar-refractivity contribution >= 4 is 28.4 Å². The zero-order valence-electron chi connectivity index (χ0n) is 11.7. The Bertz CT molecular complexity index is 666. The lowest BCUT2D eigenvalue weighted by atomic mass is 10.2. The largest absolute Gasteiger partial charge is 0.497 e. The predicted molar refractivity (Wildman–Crippen MR) is 87.3 cm³/mol. The Labute approximate surface area is 136 Å². The van der Waals surface area contributed by atoms with Crippen LogP contribution in [0.25, 0.3) is 0 Å². The van der Waals surface area contributed by atoms with Crippen molar-refractivity contribution in [3.05, 3.63) is 45.3 Å². The normalized spacial score (nSPS) is 14.0. The molecule has 0 radical (unpaired) electrons. The van der Waals surface area contributed by atoms with Crippen molar-refractivity contribution in [2.75, 3.05) is 7.11 Å². The van der Waals surface area contributed by atoms with Crippen LogP contribution >= 0.6 is 22.6 Å². The molecule has 0 aliphatic carbocycles. The van der Waals surface area contributed by atoms with Crippen molar-refractivity contribution in [1.82, 2.24) is 25.9 Å². The summed E-state index contributed by atoms with van der Waals surface area (Å²) >= 11 is 2.26. The number of hydrogen-bond acceptors (Lipinski definition) is 6. The first-order chi connectivity index (χ1) is 10.2. The van der Waals surface area contributed by atoms with Crippen LogP contribution in [0.15, 0.2) is 35.6 Å². The minimum Gasteiger partial charge on any atom is -0.497 e. The van der Waals surface area contributed by atoms with Crippen molar-refractivity contribution in [3.63, 3.8) is 0 Å². The van der Waals surface area contributed by atoms with Crippen LogP contribution in [0.4, 0.5) is 0 Å². The van der Waals surface area contributed by atoms with Gasteiger partial charge in [-0.1, -0.05) is 12.1 Å². The molecule has 2 heterocycles. The fourth-order valence-corrected chi connectivity index (χ4v) is 2.56. The zero-order chi connectivity index (χ0) is 14.8. The molecule has 0 saturated carbocycles. The second kappa shape index (κ2) is 5.90. The summed E-state index contributed by atoms with van der Waals surface area (Å²) in [6, 6.07) is 7.96. The van der Waals surface area contributed by atoms with E-state index >= 15 is 0 Å². The van der Waals surface area contributed by atoms with Crippen LogP contribution in [0.2, 0.25) is 0 Å². The van der Waals surface area contributed by atoms with Gasteiger partial charge in [0.05, 0.1) is 25.4 Å². The minimum atomic E-state index is 0.681. The number of nitrogens with zero attached hydrogens (tertiary/aromatic N) is 4. The number of nitrogens with one attached hydrogen (secondary N) is 2. The van der Waals surface area contributed by atoms with Crippen LogP contribution in [0, 0.1) is 3.70 Å². The highest BCUT2D eigenvalue weighted by Crippen LogP contribution is 2.17. The van der Waals surface area contributed by atoms with E-state index in [9.17, 15) is 0 Å². The number of hydrazone groups is 1. The number of benzene rings is 1. The Morgan fingerprint density at radius 2 is 2.05 bits per heavy atom. The molecular formula is C13H15IN6O. The van der Waals surface area contributed by atoms with Crippen LogP contribution in [0.3, 0.4) is 0 Å². The number of hydrazine groups is 2. The van der Waals surface area contributed by atoms with E-state index in [1.807, 2.05) is 47.2 Å². The lowest BCUT2D eigenvalue weighted by molar-refractivity contribution is 0.288. The molecule has 110 valence electrons. The summed E-state index contributed by atoms with van der Waals surface area (Å²) in [6.07, 6.45) is 1.82. The molecule has 2 N–H and O–H groups in total. The van der Waals surface area contributed by atoms with Gasteiger partial charge >= 0.3 is 0 Å². The molecule has 1 aromatic heterocycles. The third-order valence-electron chi connectivity index (χ3n) is 3.21. The van der Waals surface area contributed by atoms with Gasteiger partial charge in [-0.25, -0.2) is 5.53 Å². The molecular weight excluding hydrogens is 383 g/mol. The Hall–Kier alpha value is -1.81. The van der Waals surface area contributed by atoms with E-state index in [4.69, 9.17) is 4.74 Å². The number of methoxy groups -OCH3 is 1. The van der Waals surface area contributed by atoms with E-state index in [0.717, 1.165) is 26.4 Å². The summed E-state index contributed by atoms with van der Waals surface area (Å²) in [5.74, 6) is 1.67. The maximum Gasteiger partial charge on any atom is 0.177 e. The van der Waals surface area contributed by atoms with Crippen molar-refractivity contribution in [3.8, 4) is 5.75 Å². The van der Waals surface area contributed by atoms with Crippen LogP contribution in [-0.4, -0.2) is 27.7 Å². The third-order valence-corrected chi connectivity index (χ3v) is 4.49. The molecule has 0 spiro atoms. The molecule has 0 saturated heterocycles. The van der Waals surface area contributed by atoms with Crippen LogP contribution in [0.1, 0.15) is 11.1 Å². The molecule has 1 aliphatic rings. The number of rotatable bonds is 4. The number of halogens is 1. The SMILES string of the molecule is COc1ccc(CN2NNN=C2c2cnn(C)c2I)cc1. The van der Waals surface area contributed by atoms with E-state index < -0.39 is 0 Å². The molecule has 3 rings (SSSR count). The smallest absolute Gasteiger partial charge is 0.177 e. The monoisotopic (exact) mass is 398 g/mol. The van der Waals surface area contributed by atoms with Crippen molar-refractivity contribution in [1.29, 1.82) is 0 Å². The molecule has 1 aliphatic heterocycles. The fourth-order valence-electron chi connectivity index (χ4n) is 2.06. The fraction of sp³-hybridized carbons (Fsp3) is 0.231. The van der Waals surface area contributed by atoms with E-state index in [0.29, 0.717) is 6.54 Å². The molecule has 0 unspecified atom stereocenters. The summed E-state index contributed by atoms with van der Waals surface area (Å²) in [5, 5.41) is 10.5. The minimum absolute atomic E-state index is 0.681. The highest BCUT2D eigenvalue weighted by atomic mass is 127. The molecule has 8 heteroatoms. The first kappa shape index (κ1) is 14.1. The van der Waals surface area contributed by atoms with E-state index in [1.165, 1.54) is 0 Å². The molecule has 21 heavy (non-hydrogen) atoms. The number of aryl methyl sites for hydroxylation is 1. The van der Waals surface area contributed by atoms with Gasteiger partial charge in [-0.05, 0) is 40.3 Å². The maximum atomic E-state index is 5.17. The lowest BCUT2D eigenvalue weighted by Crippen LogP contribution is -2.40. The van der Waals surface area contributed by atoms with E-state index in [1.54, 1.807) is 7.11 Å². The number of aromatic nitrogens is 2. The van der Waals surface area contributed by atoms with Crippen LogP contribution in [-0.2, 0) is 13.6 Å². The van der Waals surface area contributed by atoms with Gasteiger partial charge < -0.3 is 4.74 Å². The van der Waals surface area contributed by atoms with Gasteiger partial charge in [0.25, 0.3) is 0 Å². The van der Waals surface area contributed by atoms with Gasteiger partial charge in [0.2, 0.25) is 0 Å². The maximum absolute atomic E-state index is 5.17. The Morgan fingerprint density at radius 1 is 1.29 bits per heavy atom. The van der Waals surface area contributed by atoms with Crippen LogP contribution in [0.5, 0.6) is 5.75 Å². The number of amidine groups is 1. The summed E-state index contributed by atoms with van der Waals surface area (Å²) in [7, 11) is 3.57. The third kappa shape index (κ3) is 2.81. The molecule has 0 bridgehead atoms. The van der Waals surface area contributed by atoms with Crippen molar-refractivity contribution in [2.24, 2.45) is 12.1 Å². The van der Waals surface area contributed by atoms with Gasteiger partial charge in [0.1, 0.15) is 9.45 Å². The van der Waals surface area contributed by atoms with Crippen LogP contribution < -0.4 is 15.8 Å². The highest BCUT2D eigenvalue weighted by Gasteiger charge is 2.23. The Balaban J connectivity index is 1.79. The Kier molecular flexibility index (Phi) is 3.97. The van der Waals surface area contributed by atoms with Crippen molar-refractivity contribution < 1.29 is 4.74 Å².